The van der Waals surface area contributed by atoms with Crippen molar-refractivity contribution in [2.24, 2.45) is 5.92 Å². The van der Waals surface area contributed by atoms with E-state index in [2.05, 4.69) is 6.92 Å². The van der Waals surface area contributed by atoms with E-state index >= 15 is 0 Å². The average molecular weight is 393 g/mol. The lowest BCUT2D eigenvalue weighted by Crippen LogP contribution is -1.98. The molecule has 0 aromatic heterocycles. The Labute approximate surface area is 180 Å². The molecule has 0 amide bonds. The maximum Gasteiger partial charge on any atom is -0.0414 e. The highest BCUT2D eigenvalue weighted by Crippen LogP contribution is 2.27. The monoisotopic (exact) mass is 392 g/mol. The van der Waals surface area contributed by atoms with Gasteiger partial charge in [-0.25, -0.2) is 0 Å². The van der Waals surface area contributed by atoms with Crippen LogP contribution in [0.2, 0.25) is 0 Å². The third-order valence-corrected chi connectivity index (χ3v) is 7.19. The van der Waals surface area contributed by atoms with Gasteiger partial charge in [0.1, 0.15) is 0 Å². The molecular formula is C28H56. The highest BCUT2D eigenvalue weighted by molar-refractivity contribution is 4.64. The van der Waals surface area contributed by atoms with Crippen molar-refractivity contribution < 1.29 is 0 Å². The molecule has 0 spiro atoms. The first-order valence-electron chi connectivity index (χ1n) is 13.9. The molecule has 1 saturated carbocycles. The van der Waals surface area contributed by atoms with Crippen LogP contribution in [0.15, 0.2) is 0 Å². The van der Waals surface area contributed by atoms with Gasteiger partial charge in [0, 0.05) is 0 Å². The van der Waals surface area contributed by atoms with Gasteiger partial charge in [-0.05, 0) is 5.92 Å². The minimum absolute atomic E-state index is 1.09. The maximum atomic E-state index is 2.31. The molecule has 0 radical (unpaired) electrons. The van der Waals surface area contributed by atoms with E-state index in [1.54, 1.807) is 19.3 Å². The smallest absolute Gasteiger partial charge is 0.0414 e. The molecule has 0 heterocycles. The van der Waals surface area contributed by atoms with Gasteiger partial charge in [-0.3, -0.25) is 0 Å². The van der Waals surface area contributed by atoms with Crippen molar-refractivity contribution in [1.29, 1.82) is 0 Å². The summed E-state index contributed by atoms with van der Waals surface area (Å²) < 4.78 is 0. The molecule has 0 aliphatic heterocycles. The highest BCUT2D eigenvalue weighted by Gasteiger charge is 2.11. The fourth-order valence-electron chi connectivity index (χ4n) is 5.16. The Morgan fingerprint density at radius 2 is 0.714 bits per heavy atom. The van der Waals surface area contributed by atoms with Crippen molar-refractivity contribution in [3.8, 4) is 0 Å². The van der Waals surface area contributed by atoms with Crippen LogP contribution >= 0.6 is 0 Å². The van der Waals surface area contributed by atoms with Gasteiger partial charge in [0.15, 0.2) is 0 Å². The van der Waals surface area contributed by atoms with E-state index in [1.807, 2.05) is 0 Å². The lowest BCUT2D eigenvalue weighted by Gasteiger charge is -2.13. The minimum Gasteiger partial charge on any atom is -0.0654 e. The van der Waals surface area contributed by atoms with Gasteiger partial charge < -0.3 is 0 Å². The highest BCUT2D eigenvalue weighted by atomic mass is 14.2. The minimum atomic E-state index is 1.09. The molecule has 1 rings (SSSR count). The lowest BCUT2D eigenvalue weighted by molar-refractivity contribution is 0.404. The third-order valence-electron chi connectivity index (χ3n) is 7.19. The fraction of sp³-hybridized carbons (Fsp3) is 1.00. The normalized spacial score (nSPS) is 15.8. The van der Waals surface area contributed by atoms with Crippen molar-refractivity contribution in [2.45, 2.75) is 174 Å². The summed E-state index contributed by atoms with van der Waals surface area (Å²) in [5.41, 5.74) is 0. The standard InChI is InChI=1S/C28H56/c1-2-3-4-5-6-7-8-9-10-11-12-13-14-15-16-17-18-19-22-25-28-26-23-20-21-24-27-28/h28H,2-27H2,1H3. The second kappa shape index (κ2) is 21.7. The average Bonchev–Trinajstić information content (AvgIpc) is 2.98. The summed E-state index contributed by atoms with van der Waals surface area (Å²) >= 11 is 0. The molecule has 0 nitrogen and oxygen atoms in total. The van der Waals surface area contributed by atoms with Crippen LogP contribution in [0.5, 0.6) is 0 Å². The van der Waals surface area contributed by atoms with E-state index in [4.69, 9.17) is 0 Å². The summed E-state index contributed by atoms with van der Waals surface area (Å²) in [6.45, 7) is 2.31. The molecule has 1 aliphatic carbocycles. The Bertz CT molecular complexity index is 274. The molecule has 0 unspecified atom stereocenters. The summed E-state index contributed by atoms with van der Waals surface area (Å²) in [5.74, 6) is 1.09. The van der Waals surface area contributed by atoms with Crippen LogP contribution in [0.25, 0.3) is 0 Å². The Hall–Kier alpha value is 0. The molecule has 0 N–H and O–H groups in total. The van der Waals surface area contributed by atoms with Crippen LogP contribution in [0, 0.1) is 5.92 Å². The molecule has 168 valence electrons. The van der Waals surface area contributed by atoms with Crippen LogP contribution in [0.1, 0.15) is 174 Å². The first-order valence-corrected chi connectivity index (χ1v) is 13.9. The van der Waals surface area contributed by atoms with Gasteiger partial charge >= 0.3 is 0 Å². The molecule has 1 aliphatic rings. The third kappa shape index (κ3) is 18.1. The van der Waals surface area contributed by atoms with E-state index in [1.165, 1.54) is 148 Å². The zero-order valence-electron chi connectivity index (χ0n) is 20.0. The van der Waals surface area contributed by atoms with Crippen LogP contribution in [-0.4, -0.2) is 0 Å². The Morgan fingerprint density at radius 1 is 0.393 bits per heavy atom. The van der Waals surface area contributed by atoms with Crippen molar-refractivity contribution >= 4 is 0 Å². The van der Waals surface area contributed by atoms with E-state index in [0.29, 0.717) is 0 Å². The van der Waals surface area contributed by atoms with Crippen molar-refractivity contribution in [3.05, 3.63) is 0 Å². The second-order valence-electron chi connectivity index (χ2n) is 10.0. The van der Waals surface area contributed by atoms with Crippen molar-refractivity contribution in [2.75, 3.05) is 0 Å². The number of rotatable bonds is 20. The Balaban J connectivity index is 1.66. The number of unbranched alkanes of at least 4 members (excludes halogenated alkanes) is 18. The molecule has 0 saturated heterocycles. The van der Waals surface area contributed by atoms with Gasteiger partial charge in [0.25, 0.3) is 0 Å². The van der Waals surface area contributed by atoms with Gasteiger partial charge in [-0.2, -0.15) is 0 Å². The van der Waals surface area contributed by atoms with E-state index in [-0.39, 0.29) is 0 Å². The largest absolute Gasteiger partial charge is 0.0654 e. The molecule has 0 aromatic rings. The maximum absolute atomic E-state index is 2.31. The Kier molecular flexibility index (Phi) is 20.2. The first-order chi connectivity index (χ1) is 13.9. The lowest BCUT2D eigenvalue weighted by atomic mass is 9.93. The summed E-state index contributed by atoms with van der Waals surface area (Å²) in [5, 5.41) is 0. The summed E-state index contributed by atoms with van der Waals surface area (Å²) in [4.78, 5) is 0. The van der Waals surface area contributed by atoms with E-state index in [0.717, 1.165) is 5.92 Å². The second-order valence-corrected chi connectivity index (χ2v) is 10.0. The molecule has 28 heavy (non-hydrogen) atoms. The zero-order chi connectivity index (χ0) is 20.0. The molecule has 1 fully saturated rings. The molecule has 0 heteroatoms. The summed E-state index contributed by atoms with van der Waals surface area (Å²) in [6, 6.07) is 0. The zero-order valence-corrected chi connectivity index (χ0v) is 20.0. The Morgan fingerprint density at radius 3 is 1.07 bits per heavy atom. The van der Waals surface area contributed by atoms with E-state index < -0.39 is 0 Å². The van der Waals surface area contributed by atoms with Crippen LogP contribution in [0.3, 0.4) is 0 Å². The van der Waals surface area contributed by atoms with Crippen molar-refractivity contribution in [1.82, 2.24) is 0 Å². The summed E-state index contributed by atoms with van der Waals surface area (Å²) in [6.07, 6.45) is 38.9. The van der Waals surface area contributed by atoms with Crippen molar-refractivity contribution in [3.63, 3.8) is 0 Å². The van der Waals surface area contributed by atoms with Crippen LogP contribution < -0.4 is 0 Å². The van der Waals surface area contributed by atoms with Crippen LogP contribution in [0.4, 0.5) is 0 Å². The van der Waals surface area contributed by atoms with Crippen LogP contribution in [-0.2, 0) is 0 Å². The number of hydrogen-bond donors (Lipinski definition) is 0. The van der Waals surface area contributed by atoms with E-state index in [9.17, 15) is 0 Å². The molecular weight excluding hydrogens is 336 g/mol. The number of hydrogen-bond acceptors (Lipinski definition) is 0. The quantitative estimate of drug-likeness (QED) is 0.143. The van der Waals surface area contributed by atoms with Gasteiger partial charge in [0.05, 0.1) is 0 Å². The SMILES string of the molecule is CCCCCCCCCCCCCCCCCCCCCC1CCCCCC1. The van der Waals surface area contributed by atoms with Gasteiger partial charge in [0.2, 0.25) is 0 Å². The molecule has 0 atom stereocenters. The summed E-state index contributed by atoms with van der Waals surface area (Å²) in [7, 11) is 0. The molecule has 0 aromatic carbocycles. The topological polar surface area (TPSA) is 0 Å². The predicted octanol–water partition coefficient (Wildman–Crippen LogP) is 10.8. The first kappa shape index (κ1) is 26.0. The predicted molar refractivity (Wildman–Crippen MR) is 129 cm³/mol. The van der Waals surface area contributed by atoms with Gasteiger partial charge in [-0.15, -0.1) is 0 Å². The fourth-order valence-corrected chi connectivity index (χ4v) is 5.16. The molecule has 0 bridgehead atoms. The van der Waals surface area contributed by atoms with Gasteiger partial charge in [-0.1, -0.05) is 174 Å².